The van der Waals surface area contributed by atoms with Gasteiger partial charge in [0.15, 0.2) is 0 Å². The minimum atomic E-state index is -2.95. The summed E-state index contributed by atoms with van der Waals surface area (Å²) in [6.07, 6.45) is -0.458. The fraction of sp³-hybridized carbons (Fsp3) is 0.500. The van der Waals surface area contributed by atoms with Crippen LogP contribution in [0.1, 0.15) is 16.8 Å². The molecule has 21 heavy (non-hydrogen) atoms. The van der Waals surface area contributed by atoms with Crippen molar-refractivity contribution in [2.75, 3.05) is 26.8 Å². The number of likely N-dealkylation sites (tertiary alicyclic amines) is 1. The number of benzene rings is 1. The maximum Gasteiger partial charge on any atom is 0.257 e. The third-order valence-electron chi connectivity index (χ3n) is 3.65. The molecule has 1 aromatic carbocycles. The minimum absolute atomic E-state index is 0.0614. The first-order valence-corrected chi connectivity index (χ1v) is 6.88. The van der Waals surface area contributed by atoms with Gasteiger partial charge in [0.05, 0.1) is 25.2 Å². The molecule has 4 nitrogen and oxygen atoms in total. The van der Waals surface area contributed by atoms with E-state index in [2.05, 4.69) is 0 Å². The predicted molar refractivity (Wildman–Crippen MR) is 74.0 cm³/mol. The third-order valence-corrected chi connectivity index (χ3v) is 3.89. The molecular weight excluding hydrogens is 304 g/mol. The molecule has 0 spiro atoms. The van der Waals surface area contributed by atoms with Crippen LogP contribution in [0.3, 0.4) is 0 Å². The van der Waals surface area contributed by atoms with E-state index in [9.17, 15) is 13.6 Å². The molecule has 1 aliphatic heterocycles. The van der Waals surface area contributed by atoms with E-state index in [1.807, 2.05) is 0 Å². The van der Waals surface area contributed by atoms with Gasteiger partial charge in [-0.3, -0.25) is 4.79 Å². The number of aliphatic hydroxyl groups is 1. The largest absolute Gasteiger partial charge is 0.496 e. The molecule has 1 N–H and O–H groups in total. The monoisotopic (exact) mass is 319 g/mol. The molecule has 1 amide bonds. The second-order valence-electron chi connectivity index (χ2n) is 4.99. The van der Waals surface area contributed by atoms with E-state index in [-0.39, 0.29) is 18.7 Å². The van der Waals surface area contributed by atoms with Crippen molar-refractivity contribution >= 4 is 17.5 Å². The van der Waals surface area contributed by atoms with Crippen molar-refractivity contribution in [3.63, 3.8) is 0 Å². The first kappa shape index (κ1) is 16.0. The summed E-state index contributed by atoms with van der Waals surface area (Å²) in [5, 5.41) is 9.49. The molecule has 116 valence electrons. The number of ether oxygens (including phenoxy) is 1. The number of halogens is 3. The van der Waals surface area contributed by atoms with Crippen molar-refractivity contribution in [2.45, 2.75) is 12.3 Å². The SMILES string of the molecule is COc1cc(Cl)ccc1C(=O)N1CCC(F)(F)C(CO)C1. The third kappa shape index (κ3) is 3.27. The van der Waals surface area contributed by atoms with Gasteiger partial charge in [-0.15, -0.1) is 0 Å². The zero-order valence-corrected chi connectivity index (χ0v) is 12.2. The summed E-state index contributed by atoms with van der Waals surface area (Å²) in [6.45, 7) is -0.906. The van der Waals surface area contributed by atoms with Crippen molar-refractivity contribution in [3.05, 3.63) is 28.8 Å². The molecule has 1 aromatic rings. The van der Waals surface area contributed by atoms with Crippen molar-refractivity contribution in [2.24, 2.45) is 5.92 Å². The van der Waals surface area contributed by atoms with Crippen molar-refractivity contribution in [1.29, 1.82) is 0 Å². The van der Waals surface area contributed by atoms with E-state index in [1.165, 1.54) is 24.1 Å². The van der Waals surface area contributed by atoms with Crippen LogP contribution in [0.2, 0.25) is 5.02 Å². The lowest BCUT2D eigenvalue weighted by Gasteiger charge is -2.37. The van der Waals surface area contributed by atoms with Gasteiger partial charge in [0.2, 0.25) is 0 Å². The molecule has 0 bridgehead atoms. The van der Waals surface area contributed by atoms with Crippen LogP contribution in [-0.2, 0) is 0 Å². The molecule has 0 aromatic heterocycles. The number of aliphatic hydroxyl groups excluding tert-OH is 1. The lowest BCUT2D eigenvalue weighted by atomic mass is 9.93. The van der Waals surface area contributed by atoms with Crippen molar-refractivity contribution in [3.8, 4) is 5.75 Å². The summed E-state index contributed by atoms with van der Waals surface area (Å²) in [5.41, 5.74) is 0.267. The zero-order chi connectivity index (χ0) is 15.6. The van der Waals surface area contributed by atoms with Gasteiger partial charge >= 0.3 is 0 Å². The second kappa shape index (κ2) is 6.15. The Labute approximate surface area is 126 Å². The fourth-order valence-electron chi connectivity index (χ4n) is 2.37. The summed E-state index contributed by atoms with van der Waals surface area (Å²) in [5.74, 6) is -4.30. The van der Waals surface area contributed by atoms with Gasteiger partial charge in [-0.1, -0.05) is 11.6 Å². The number of amides is 1. The van der Waals surface area contributed by atoms with E-state index in [0.717, 1.165) is 0 Å². The Morgan fingerprint density at radius 3 is 2.90 bits per heavy atom. The second-order valence-corrected chi connectivity index (χ2v) is 5.42. The van der Waals surface area contributed by atoms with Gasteiger partial charge in [0, 0.05) is 24.5 Å². The number of methoxy groups -OCH3 is 1. The average molecular weight is 320 g/mol. The van der Waals surface area contributed by atoms with Crippen LogP contribution < -0.4 is 4.74 Å². The van der Waals surface area contributed by atoms with Gasteiger partial charge in [0.25, 0.3) is 11.8 Å². The highest BCUT2D eigenvalue weighted by Crippen LogP contribution is 2.34. The summed E-state index contributed by atoms with van der Waals surface area (Å²) in [6, 6.07) is 4.54. The van der Waals surface area contributed by atoms with Crippen molar-refractivity contribution in [1.82, 2.24) is 4.90 Å². The van der Waals surface area contributed by atoms with E-state index in [0.29, 0.717) is 10.8 Å². The molecule has 0 saturated carbocycles. The Bertz CT molecular complexity index is 539. The van der Waals surface area contributed by atoms with Gasteiger partial charge in [0.1, 0.15) is 5.75 Å². The van der Waals surface area contributed by atoms with Gasteiger partial charge in [-0.25, -0.2) is 8.78 Å². The van der Waals surface area contributed by atoms with Crippen LogP contribution in [0.4, 0.5) is 8.78 Å². The average Bonchev–Trinajstić information content (AvgIpc) is 2.46. The van der Waals surface area contributed by atoms with E-state index in [4.69, 9.17) is 21.4 Å². The number of hydrogen-bond donors (Lipinski definition) is 1. The molecule has 1 aliphatic rings. The lowest BCUT2D eigenvalue weighted by molar-refractivity contribution is -0.113. The molecular formula is C14H16ClF2NO3. The molecule has 1 fully saturated rings. The molecule has 2 rings (SSSR count). The van der Waals surface area contributed by atoms with Crippen LogP contribution in [0.25, 0.3) is 0 Å². The maximum absolute atomic E-state index is 13.6. The van der Waals surface area contributed by atoms with Crippen LogP contribution in [0, 0.1) is 5.92 Å². The number of nitrogens with zero attached hydrogens (tertiary/aromatic N) is 1. The summed E-state index contributed by atoms with van der Waals surface area (Å²) >= 11 is 5.83. The Balaban J connectivity index is 2.21. The smallest absolute Gasteiger partial charge is 0.257 e. The Morgan fingerprint density at radius 2 is 2.29 bits per heavy atom. The lowest BCUT2D eigenvalue weighted by Crippen LogP contribution is -2.50. The minimum Gasteiger partial charge on any atom is -0.496 e. The van der Waals surface area contributed by atoms with Crippen LogP contribution in [-0.4, -0.2) is 48.6 Å². The number of alkyl halides is 2. The highest BCUT2D eigenvalue weighted by atomic mass is 35.5. The molecule has 1 heterocycles. The van der Waals surface area contributed by atoms with E-state index >= 15 is 0 Å². The molecule has 0 radical (unpaired) electrons. The predicted octanol–water partition coefficient (Wildman–Crippen LogP) is 2.44. The van der Waals surface area contributed by atoms with E-state index in [1.54, 1.807) is 6.07 Å². The Kier molecular flexibility index (Phi) is 4.68. The van der Waals surface area contributed by atoms with Crippen molar-refractivity contribution < 1.29 is 23.4 Å². The normalized spacial score (nSPS) is 21.2. The quantitative estimate of drug-likeness (QED) is 0.931. The molecule has 0 aliphatic carbocycles. The topological polar surface area (TPSA) is 49.8 Å². The fourth-order valence-corrected chi connectivity index (χ4v) is 2.53. The molecule has 1 saturated heterocycles. The summed E-state index contributed by atoms with van der Waals surface area (Å²) < 4.78 is 32.2. The standard InChI is InChI=1S/C14H16ClF2NO3/c1-21-12-6-10(15)2-3-11(12)13(20)18-5-4-14(16,17)9(7-18)8-19/h2-3,6,9,19H,4-5,7-8H2,1H3. The molecule has 7 heteroatoms. The number of carbonyl (C=O) groups is 1. The highest BCUT2D eigenvalue weighted by molar-refractivity contribution is 6.30. The number of hydrogen-bond acceptors (Lipinski definition) is 3. The number of carbonyl (C=O) groups excluding carboxylic acids is 1. The first-order chi connectivity index (χ1) is 9.89. The summed E-state index contributed by atoms with van der Waals surface area (Å²) in [7, 11) is 1.41. The highest BCUT2D eigenvalue weighted by Gasteiger charge is 2.45. The van der Waals surface area contributed by atoms with Crippen LogP contribution in [0.15, 0.2) is 18.2 Å². The number of piperidine rings is 1. The Hall–Kier alpha value is -1.40. The Morgan fingerprint density at radius 1 is 1.57 bits per heavy atom. The van der Waals surface area contributed by atoms with Crippen LogP contribution >= 0.6 is 11.6 Å². The van der Waals surface area contributed by atoms with Gasteiger partial charge in [-0.2, -0.15) is 0 Å². The number of rotatable bonds is 3. The molecule has 1 atom stereocenters. The van der Waals surface area contributed by atoms with Gasteiger partial charge < -0.3 is 14.7 Å². The summed E-state index contributed by atoms with van der Waals surface area (Å²) in [4.78, 5) is 13.7. The van der Waals surface area contributed by atoms with Crippen LogP contribution in [0.5, 0.6) is 5.75 Å². The van der Waals surface area contributed by atoms with E-state index < -0.39 is 30.8 Å². The maximum atomic E-state index is 13.6. The zero-order valence-electron chi connectivity index (χ0n) is 11.5. The molecule has 1 unspecified atom stereocenters. The van der Waals surface area contributed by atoms with Gasteiger partial charge in [-0.05, 0) is 18.2 Å². The first-order valence-electron chi connectivity index (χ1n) is 6.50.